The first-order valence-corrected chi connectivity index (χ1v) is 7.72. The number of aromatic amines is 1. The summed E-state index contributed by atoms with van der Waals surface area (Å²) >= 11 is 0. The van der Waals surface area contributed by atoms with E-state index in [1.807, 2.05) is 31.3 Å². The van der Waals surface area contributed by atoms with Gasteiger partial charge in [0.1, 0.15) is 23.9 Å². The van der Waals surface area contributed by atoms with Crippen molar-refractivity contribution in [1.82, 2.24) is 25.0 Å². The SMILES string of the molecule is Cc1nc2ccc(-n3cc(COc4cccc(C#N)c4)nn3)cc2[nH]1. The number of fused-ring (bicyclic) bond motifs is 1. The fourth-order valence-electron chi connectivity index (χ4n) is 2.57. The highest BCUT2D eigenvalue weighted by atomic mass is 16.5. The van der Waals surface area contributed by atoms with Gasteiger partial charge in [-0.25, -0.2) is 9.67 Å². The minimum absolute atomic E-state index is 0.278. The molecule has 2 heterocycles. The molecule has 0 aliphatic heterocycles. The molecule has 7 heteroatoms. The van der Waals surface area contributed by atoms with E-state index in [4.69, 9.17) is 10.00 Å². The van der Waals surface area contributed by atoms with E-state index in [0.29, 0.717) is 17.0 Å². The highest BCUT2D eigenvalue weighted by Crippen LogP contribution is 2.17. The molecule has 0 unspecified atom stereocenters. The van der Waals surface area contributed by atoms with E-state index in [2.05, 4.69) is 26.3 Å². The molecule has 0 fully saturated rings. The molecule has 0 saturated heterocycles. The zero-order valence-electron chi connectivity index (χ0n) is 13.5. The van der Waals surface area contributed by atoms with Gasteiger partial charge in [0.25, 0.3) is 0 Å². The lowest BCUT2D eigenvalue weighted by Crippen LogP contribution is -1.96. The molecular formula is C18H14N6O. The molecule has 1 N–H and O–H groups in total. The highest BCUT2D eigenvalue weighted by Gasteiger charge is 2.07. The number of nitrogens with zero attached hydrogens (tertiary/aromatic N) is 5. The van der Waals surface area contributed by atoms with Crippen LogP contribution in [0, 0.1) is 18.3 Å². The number of aryl methyl sites for hydroxylation is 1. The molecule has 4 aromatic rings. The van der Waals surface area contributed by atoms with Crippen LogP contribution in [0.5, 0.6) is 5.75 Å². The number of nitrogens with one attached hydrogen (secondary N) is 1. The number of hydrogen-bond donors (Lipinski definition) is 1. The van der Waals surface area contributed by atoms with E-state index in [0.717, 1.165) is 22.5 Å². The minimum atomic E-state index is 0.278. The number of rotatable bonds is 4. The summed E-state index contributed by atoms with van der Waals surface area (Å²) in [6, 6.07) is 15.0. The van der Waals surface area contributed by atoms with Gasteiger partial charge in [-0.15, -0.1) is 5.10 Å². The third-order valence-electron chi connectivity index (χ3n) is 3.74. The van der Waals surface area contributed by atoms with Crippen LogP contribution in [-0.2, 0) is 6.61 Å². The molecule has 0 radical (unpaired) electrons. The first-order valence-electron chi connectivity index (χ1n) is 7.72. The molecular weight excluding hydrogens is 316 g/mol. The van der Waals surface area contributed by atoms with Crippen LogP contribution in [0.2, 0.25) is 0 Å². The molecule has 0 atom stereocenters. The summed E-state index contributed by atoms with van der Waals surface area (Å²) in [6.07, 6.45) is 1.82. The second-order valence-electron chi connectivity index (χ2n) is 5.61. The van der Waals surface area contributed by atoms with Crippen LogP contribution in [-0.4, -0.2) is 25.0 Å². The maximum Gasteiger partial charge on any atom is 0.134 e. The second-order valence-corrected chi connectivity index (χ2v) is 5.61. The molecule has 25 heavy (non-hydrogen) atoms. The molecule has 7 nitrogen and oxygen atoms in total. The molecule has 2 aromatic carbocycles. The lowest BCUT2D eigenvalue weighted by Gasteiger charge is -2.03. The first-order chi connectivity index (χ1) is 12.2. The summed E-state index contributed by atoms with van der Waals surface area (Å²) in [4.78, 5) is 7.60. The third-order valence-corrected chi connectivity index (χ3v) is 3.74. The lowest BCUT2D eigenvalue weighted by atomic mass is 10.2. The molecule has 0 amide bonds. The Hall–Kier alpha value is -3.66. The molecule has 4 rings (SSSR count). The van der Waals surface area contributed by atoms with Gasteiger partial charge in [-0.3, -0.25) is 0 Å². The van der Waals surface area contributed by atoms with Crippen molar-refractivity contribution in [2.45, 2.75) is 13.5 Å². The predicted molar refractivity (Wildman–Crippen MR) is 91.2 cm³/mol. The number of hydrogen-bond acceptors (Lipinski definition) is 5. The number of aromatic nitrogens is 5. The third kappa shape index (κ3) is 3.05. The number of benzene rings is 2. The fourth-order valence-corrected chi connectivity index (χ4v) is 2.57. The quantitative estimate of drug-likeness (QED) is 0.621. The Bertz CT molecular complexity index is 1090. The maximum atomic E-state index is 8.92. The average molecular weight is 330 g/mol. The predicted octanol–water partition coefficient (Wildman–Crippen LogP) is 2.90. The van der Waals surface area contributed by atoms with Gasteiger partial charge in [-0.2, -0.15) is 5.26 Å². The van der Waals surface area contributed by atoms with Crippen molar-refractivity contribution in [2.24, 2.45) is 0 Å². The van der Waals surface area contributed by atoms with Crippen molar-refractivity contribution in [3.63, 3.8) is 0 Å². The molecule has 0 bridgehead atoms. The summed E-state index contributed by atoms with van der Waals surface area (Å²) in [5.41, 5.74) is 4.02. The Morgan fingerprint density at radius 3 is 3.04 bits per heavy atom. The van der Waals surface area contributed by atoms with Gasteiger partial charge in [0.15, 0.2) is 0 Å². The van der Waals surface area contributed by atoms with Crippen LogP contribution >= 0.6 is 0 Å². The number of H-pyrrole nitrogens is 1. The van der Waals surface area contributed by atoms with Gasteiger partial charge in [-0.1, -0.05) is 11.3 Å². The zero-order chi connectivity index (χ0) is 17.2. The van der Waals surface area contributed by atoms with Gasteiger partial charge in [0.05, 0.1) is 34.6 Å². The van der Waals surface area contributed by atoms with E-state index < -0.39 is 0 Å². The smallest absolute Gasteiger partial charge is 0.134 e. The minimum Gasteiger partial charge on any atom is -0.487 e. The largest absolute Gasteiger partial charge is 0.487 e. The van der Waals surface area contributed by atoms with Gasteiger partial charge in [-0.05, 0) is 43.3 Å². The van der Waals surface area contributed by atoms with Crippen molar-refractivity contribution in [2.75, 3.05) is 0 Å². The summed E-state index contributed by atoms with van der Waals surface area (Å²) in [5, 5.41) is 17.2. The van der Waals surface area contributed by atoms with E-state index >= 15 is 0 Å². The molecule has 0 aliphatic carbocycles. The van der Waals surface area contributed by atoms with Crippen LogP contribution in [0.4, 0.5) is 0 Å². The van der Waals surface area contributed by atoms with Crippen molar-refractivity contribution >= 4 is 11.0 Å². The summed E-state index contributed by atoms with van der Waals surface area (Å²) < 4.78 is 7.37. The lowest BCUT2D eigenvalue weighted by molar-refractivity contribution is 0.301. The van der Waals surface area contributed by atoms with Gasteiger partial charge < -0.3 is 9.72 Å². The van der Waals surface area contributed by atoms with Crippen molar-refractivity contribution < 1.29 is 4.74 Å². The van der Waals surface area contributed by atoms with Crippen LogP contribution in [0.15, 0.2) is 48.7 Å². The number of nitriles is 1. The number of imidazole rings is 1. The molecule has 0 saturated carbocycles. The maximum absolute atomic E-state index is 8.92. The van der Waals surface area contributed by atoms with E-state index in [-0.39, 0.29) is 6.61 Å². The normalized spacial score (nSPS) is 10.7. The van der Waals surface area contributed by atoms with Gasteiger partial charge >= 0.3 is 0 Å². The molecule has 0 aliphatic rings. The number of ether oxygens (including phenoxy) is 1. The van der Waals surface area contributed by atoms with Crippen LogP contribution in [0.3, 0.4) is 0 Å². The zero-order valence-corrected chi connectivity index (χ0v) is 13.5. The molecule has 2 aromatic heterocycles. The van der Waals surface area contributed by atoms with Crippen molar-refractivity contribution in [3.8, 4) is 17.5 Å². The highest BCUT2D eigenvalue weighted by molar-refractivity contribution is 5.77. The first kappa shape index (κ1) is 14.9. The Morgan fingerprint density at radius 2 is 2.16 bits per heavy atom. The Labute approximate surface area is 143 Å². The summed E-state index contributed by atoms with van der Waals surface area (Å²) in [6.45, 7) is 2.20. The van der Waals surface area contributed by atoms with Crippen molar-refractivity contribution in [1.29, 1.82) is 5.26 Å². The van der Waals surface area contributed by atoms with E-state index in [1.54, 1.807) is 28.9 Å². The fraction of sp³-hybridized carbons (Fsp3) is 0.111. The standard InChI is InChI=1S/C18H14N6O/c1-12-20-17-6-5-15(8-18(17)21-12)24-10-14(22-23-24)11-25-16-4-2-3-13(7-16)9-19/h2-8,10H,11H2,1H3,(H,20,21). The van der Waals surface area contributed by atoms with Crippen molar-refractivity contribution in [3.05, 3.63) is 65.7 Å². The Morgan fingerprint density at radius 1 is 1.24 bits per heavy atom. The Balaban J connectivity index is 1.51. The monoisotopic (exact) mass is 330 g/mol. The van der Waals surface area contributed by atoms with Crippen LogP contribution in [0.25, 0.3) is 16.7 Å². The molecule has 0 spiro atoms. The topological polar surface area (TPSA) is 92.4 Å². The molecule has 122 valence electrons. The van der Waals surface area contributed by atoms with Crippen LogP contribution in [0.1, 0.15) is 17.1 Å². The van der Waals surface area contributed by atoms with E-state index in [9.17, 15) is 0 Å². The van der Waals surface area contributed by atoms with Gasteiger partial charge in [0.2, 0.25) is 0 Å². The van der Waals surface area contributed by atoms with Crippen LogP contribution < -0.4 is 4.74 Å². The van der Waals surface area contributed by atoms with E-state index in [1.165, 1.54) is 0 Å². The summed E-state index contributed by atoms with van der Waals surface area (Å²) in [5.74, 6) is 1.50. The second kappa shape index (κ2) is 6.09. The summed E-state index contributed by atoms with van der Waals surface area (Å²) in [7, 11) is 0. The average Bonchev–Trinajstić information content (AvgIpc) is 3.25. The van der Waals surface area contributed by atoms with Gasteiger partial charge in [0, 0.05) is 0 Å². The Kier molecular flexibility index (Phi) is 3.63.